The molecule has 0 bridgehead atoms. The van der Waals surface area contributed by atoms with Crippen molar-refractivity contribution in [2.75, 3.05) is 5.75 Å². The first-order valence-electron chi connectivity index (χ1n) is 12.4. The number of benzene rings is 3. The van der Waals surface area contributed by atoms with Gasteiger partial charge in [0.25, 0.3) is 0 Å². The van der Waals surface area contributed by atoms with Crippen LogP contribution in [0.4, 0.5) is 0 Å². The van der Waals surface area contributed by atoms with Gasteiger partial charge in [-0.3, -0.25) is 9.59 Å². The van der Waals surface area contributed by atoms with E-state index in [0.717, 1.165) is 22.4 Å². The first-order valence-corrected chi connectivity index (χ1v) is 13.6. The Morgan fingerprint density at radius 1 is 0.806 bits per heavy atom. The Labute approximate surface area is 220 Å². The molecule has 3 aromatic carbocycles. The molecule has 0 radical (unpaired) electrons. The Kier molecular flexibility index (Phi) is 9.77. The molecule has 36 heavy (non-hydrogen) atoms. The third-order valence-electron chi connectivity index (χ3n) is 5.86. The molecule has 1 atom stereocenters. The molecule has 5 heteroatoms. The summed E-state index contributed by atoms with van der Waals surface area (Å²) in [6.07, 6.45) is 0.461. The van der Waals surface area contributed by atoms with Gasteiger partial charge in [-0.15, -0.1) is 11.8 Å². The van der Waals surface area contributed by atoms with Crippen LogP contribution < -0.4 is 5.32 Å². The lowest BCUT2D eigenvalue weighted by atomic mass is 10.0. The highest BCUT2D eigenvalue weighted by Crippen LogP contribution is 2.19. The summed E-state index contributed by atoms with van der Waals surface area (Å²) >= 11 is 1.59. The van der Waals surface area contributed by atoms with Crippen molar-refractivity contribution >= 4 is 23.6 Å². The van der Waals surface area contributed by atoms with Crippen LogP contribution in [-0.2, 0) is 28.3 Å². The molecule has 0 saturated carbocycles. The lowest BCUT2D eigenvalue weighted by Crippen LogP contribution is -2.54. The molecular weight excluding hydrogens is 464 g/mol. The van der Waals surface area contributed by atoms with Gasteiger partial charge in [0.1, 0.15) is 6.04 Å². The summed E-state index contributed by atoms with van der Waals surface area (Å²) in [4.78, 5) is 29.0. The number of carbonyl (C=O) groups excluding carboxylic acids is 2. The quantitative estimate of drug-likeness (QED) is 0.365. The minimum atomic E-state index is -0.611. The van der Waals surface area contributed by atoms with Gasteiger partial charge in [0.2, 0.25) is 11.8 Å². The third-order valence-corrected chi connectivity index (χ3v) is 6.85. The second kappa shape index (κ2) is 12.8. The molecule has 0 saturated heterocycles. The Morgan fingerprint density at radius 3 is 1.92 bits per heavy atom. The number of hydrogen-bond acceptors (Lipinski definition) is 3. The van der Waals surface area contributed by atoms with E-state index in [-0.39, 0.29) is 11.8 Å². The first-order chi connectivity index (χ1) is 17.1. The molecule has 0 heterocycles. The summed E-state index contributed by atoms with van der Waals surface area (Å²) in [5, 5.41) is 3.12. The van der Waals surface area contributed by atoms with Crippen molar-refractivity contribution in [3.05, 3.63) is 107 Å². The van der Waals surface area contributed by atoms with Crippen LogP contribution in [0.15, 0.2) is 78.9 Å². The van der Waals surface area contributed by atoms with Crippen LogP contribution in [0.5, 0.6) is 0 Å². The van der Waals surface area contributed by atoms with E-state index >= 15 is 0 Å². The minimum absolute atomic E-state index is 0.0299. The topological polar surface area (TPSA) is 49.4 Å². The molecule has 0 aliphatic rings. The Balaban J connectivity index is 1.85. The second-order valence-electron chi connectivity index (χ2n) is 10.4. The van der Waals surface area contributed by atoms with Gasteiger partial charge in [-0.05, 0) is 51.3 Å². The maximum absolute atomic E-state index is 13.7. The van der Waals surface area contributed by atoms with Crippen molar-refractivity contribution in [3.63, 3.8) is 0 Å². The van der Waals surface area contributed by atoms with Crippen LogP contribution >= 0.6 is 11.8 Å². The van der Waals surface area contributed by atoms with E-state index in [1.807, 2.05) is 82.3 Å². The van der Waals surface area contributed by atoms with Gasteiger partial charge in [-0.25, -0.2) is 0 Å². The predicted molar refractivity (Wildman–Crippen MR) is 151 cm³/mol. The molecule has 0 unspecified atom stereocenters. The molecule has 1 N–H and O–H groups in total. The van der Waals surface area contributed by atoms with E-state index in [1.165, 1.54) is 11.1 Å². The maximum atomic E-state index is 13.7. The average molecular weight is 503 g/mol. The highest BCUT2D eigenvalue weighted by atomic mass is 32.2. The molecule has 190 valence electrons. The normalized spacial score (nSPS) is 12.1. The zero-order valence-corrected chi connectivity index (χ0v) is 22.9. The lowest BCUT2D eigenvalue weighted by Gasteiger charge is -2.34. The van der Waals surface area contributed by atoms with Crippen LogP contribution in [0.1, 0.15) is 48.6 Å². The van der Waals surface area contributed by atoms with Crippen molar-refractivity contribution in [2.45, 2.75) is 64.9 Å². The van der Waals surface area contributed by atoms with Crippen molar-refractivity contribution in [2.24, 2.45) is 0 Å². The fourth-order valence-electron chi connectivity index (χ4n) is 3.92. The van der Waals surface area contributed by atoms with E-state index in [1.54, 1.807) is 16.7 Å². The van der Waals surface area contributed by atoms with Gasteiger partial charge in [0, 0.05) is 24.3 Å². The molecule has 3 rings (SSSR count). The monoisotopic (exact) mass is 502 g/mol. The molecule has 0 fully saturated rings. The van der Waals surface area contributed by atoms with Crippen LogP contribution in [-0.4, -0.2) is 34.0 Å². The van der Waals surface area contributed by atoms with Crippen LogP contribution in [0, 0.1) is 13.8 Å². The number of carbonyl (C=O) groups is 2. The van der Waals surface area contributed by atoms with Crippen molar-refractivity contribution < 1.29 is 9.59 Å². The van der Waals surface area contributed by atoms with E-state index in [0.29, 0.717) is 18.7 Å². The summed E-state index contributed by atoms with van der Waals surface area (Å²) in [7, 11) is 0. The number of aryl methyl sites for hydroxylation is 2. The van der Waals surface area contributed by atoms with Gasteiger partial charge in [0.15, 0.2) is 0 Å². The zero-order chi connectivity index (χ0) is 26.1. The van der Waals surface area contributed by atoms with E-state index < -0.39 is 11.6 Å². The molecule has 4 nitrogen and oxygen atoms in total. The second-order valence-corrected chi connectivity index (χ2v) is 11.4. The Hall–Kier alpha value is -3.05. The molecular formula is C31H38N2O2S. The standard InChI is InChI=1S/C31H38N2O2S/c1-23-11-15-26(16-12-23)20-33(29(34)22-36-21-27-17-13-24(2)14-18-27)28(30(35)32-31(3,4)5)19-25-9-7-6-8-10-25/h6-18,28H,19-22H2,1-5H3,(H,32,35)/t28-/m0/s1. The molecule has 0 aliphatic heterocycles. The van der Waals surface area contributed by atoms with Crippen molar-refractivity contribution in [3.8, 4) is 0 Å². The smallest absolute Gasteiger partial charge is 0.243 e. The number of nitrogens with one attached hydrogen (secondary N) is 1. The number of thioether (sulfide) groups is 1. The molecule has 0 aromatic heterocycles. The summed E-state index contributed by atoms with van der Waals surface area (Å²) in [5.74, 6) is 0.906. The number of amides is 2. The van der Waals surface area contributed by atoms with Crippen LogP contribution in [0.3, 0.4) is 0 Å². The average Bonchev–Trinajstić information content (AvgIpc) is 2.83. The zero-order valence-electron chi connectivity index (χ0n) is 22.1. The first kappa shape index (κ1) is 27.5. The summed E-state index contributed by atoms with van der Waals surface area (Å²) in [6.45, 7) is 10.4. The summed E-state index contributed by atoms with van der Waals surface area (Å²) in [5.41, 5.74) is 5.22. The Morgan fingerprint density at radius 2 is 1.36 bits per heavy atom. The van der Waals surface area contributed by atoms with Gasteiger partial charge in [-0.2, -0.15) is 0 Å². The van der Waals surface area contributed by atoms with E-state index in [4.69, 9.17) is 0 Å². The number of nitrogens with zero attached hydrogens (tertiary/aromatic N) is 1. The van der Waals surface area contributed by atoms with Crippen molar-refractivity contribution in [1.29, 1.82) is 0 Å². The van der Waals surface area contributed by atoms with E-state index in [9.17, 15) is 9.59 Å². The minimum Gasteiger partial charge on any atom is -0.350 e. The van der Waals surface area contributed by atoms with Gasteiger partial charge in [-0.1, -0.05) is 90.0 Å². The highest BCUT2D eigenvalue weighted by Gasteiger charge is 2.32. The van der Waals surface area contributed by atoms with Crippen LogP contribution in [0.2, 0.25) is 0 Å². The molecule has 0 spiro atoms. The molecule has 2 amide bonds. The van der Waals surface area contributed by atoms with Gasteiger partial charge in [0.05, 0.1) is 5.75 Å². The summed E-state index contributed by atoms with van der Waals surface area (Å²) < 4.78 is 0. The summed E-state index contributed by atoms with van der Waals surface area (Å²) in [6, 6.07) is 25.9. The Bertz CT molecular complexity index is 1120. The third kappa shape index (κ3) is 8.87. The predicted octanol–water partition coefficient (Wildman–Crippen LogP) is 6.09. The fraction of sp³-hybridized carbons (Fsp3) is 0.355. The number of rotatable bonds is 10. The highest BCUT2D eigenvalue weighted by molar-refractivity contribution is 7.99. The van der Waals surface area contributed by atoms with E-state index in [2.05, 4.69) is 36.5 Å². The van der Waals surface area contributed by atoms with Gasteiger partial charge >= 0.3 is 0 Å². The molecule has 3 aromatic rings. The number of hydrogen-bond donors (Lipinski definition) is 1. The largest absolute Gasteiger partial charge is 0.350 e. The molecule has 0 aliphatic carbocycles. The fourth-order valence-corrected chi connectivity index (χ4v) is 4.79. The maximum Gasteiger partial charge on any atom is 0.243 e. The SMILES string of the molecule is Cc1ccc(CSCC(=O)N(Cc2ccc(C)cc2)[C@@H](Cc2ccccc2)C(=O)NC(C)(C)C)cc1. The van der Waals surface area contributed by atoms with Crippen LogP contribution in [0.25, 0.3) is 0 Å². The van der Waals surface area contributed by atoms with Crippen molar-refractivity contribution in [1.82, 2.24) is 10.2 Å². The lowest BCUT2D eigenvalue weighted by molar-refractivity contribution is -0.140. The van der Waals surface area contributed by atoms with Gasteiger partial charge < -0.3 is 10.2 Å².